The quantitative estimate of drug-likeness (QED) is 0.771. The molecule has 0 unspecified atom stereocenters. The summed E-state index contributed by atoms with van der Waals surface area (Å²) in [5.74, 6) is -0.407. The Labute approximate surface area is 114 Å². The predicted octanol–water partition coefficient (Wildman–Crippen LogP) is 0.228. The first-order valence-electron chi connectivity index (χ1n) is 6.07. The van der Waals surface area contributed by atoms with Gasteiger partial charge in [0.15, 0.2) is 5.82 Å². The Bertz CT molecular complexity index is 488. The number of carbonyl (C=O) groups is 2. The monoisotopic (exact) mass is 284 g/mol. The molecule has 1 aliphatic rings. The SMILES string of the molecule is CCOC(=O)c1c(N)nsc1N1CCCNC(=O)C1. The van der Waals surface area contributed by atoms with Gasteiger partial charge in [0.25, 0.3) is 0 Å². The fourth-order valence-corrected chi connectivity index (χ4v) is 2.71. The second-order valence-corrected chi connectivity index (χ2v) is 4.85. The predicted molar refractivity (Wildman–Crippen MR) is 72.3 cm³/mol. The minimum Gasteiger partial charge on any atom is -0.462 e. The number of hydrogen-bond donors (Lipinski definition) is 2. The highest BCUT2D eigenvalue weighted by Gasteiger charge is 2.26. The second kappa shape index (κ2) is 5.87. The molecular weight excluding hydrogens is 268 g/mol. The van der Waals surface area contributed by atoms with Crippen LogP contribution in [0.15, 0.2) is 0 Å². The summed E-state index contributed by atoms with van der Waals surface area (Å²) in [5.41, 5.74) is 5.99. The topological polar surface area (TPSA) is 97.6 Å². The smallest absolute Gasteiger partial charge is 0.345 e. The van der Waals surface area contributed by atoms with E-state index in [0.29, 0.717) is 18.1 Å². The van der Waals surface area contributed by atoms with Crippen molar-refractivity contribution in [3.05, 3.63) is 5.56 Å². The first-order valence-corrected chi connectivity index (χ1v) is 6.84. The average Bonchev–Trinajstić information content (AvgIpc) is 2.61. The number of nitrogens with zero attached hydrogens (tertiary/aromatic N) is 2. The Morgan fingerprint density at radius 1 is 1.63 bits per heavy atom. The summed E-state index contributed by atoms with van der Waals surface area (Å²) < 4.78 is 8.97. The standard InChI is InChI=1S/C11H16N4O3S/c1-2-18-11(17)8-9(12)14-19-10(8)15-5-3-4-13-7(16)6-15/h2-6H2,1H3,(H2,12,14)(H,13,16). The molecule has 0 radical (unpaired) electrons. The van der Waals surface area contributed by atoms with Crippen LogP contribution in [0.3, 0.4) is 0 Å². The summed E-state index contributed by atoms with van der Waals surface area (Å²) in [6.07, 6.45) is 0.811. The zero-order chi connectivity index (χ0) is 13.8. The molecule has 19 heavy (non-hydrogen) atoms. The summed E-state index contributed by atoms with van der Waals surface area (Å²) >= 11 is 1.12. The van der Waals surface area contributed by atoms with Crippen molar-refractivity contribution in [1.82, 2.24) is 9.69 Å². The molecule has 1 fully saturated rings. The molecule has 0 bridgehead atoms. The molecule has 0 aliphatic carbocycles. The Hall–Kier alpha value is -1.83. The van der Waals surface area contributed by atoms with E-state index in [1.807, 2.05) is 4.90 Å². The molecule has 104 valence electrons. The molecule has 1 aromatic rings. The van der Waals surface area contributed by atoms with Crippen molar-refractivity contribution in [2.24, 2.45) is 0 Å². The zero-order valence-electron chi connectivity index (χ0n) is 10.6. The van der Waals surface area contributed by atoms with Crippen LogP contribution in [0, 0.1) is 0 Å². The van der Waals surface area contributed by atoms with Gasteiger partial charge in [-0.15, -0.1) is 0 Å². The van der Waals surface area contributed by atoms with E-state index in [1.165, 1.54) is 0 Å². The molecule has 0 aromatic carbocycles. The van der Waals surface area contributed by atoms with E-state index in [4.69, 9.17) is 10.5 Å². The van der Waals surface area contributed by atoms with Crippen LogP contribution in [0.5, 0.6) is 0 Å². The largest absolute Gasteiger partial charge is 0.462 e. The number of aromatic nitrogens is 1. The van der Waals surface area contributed by atoms with Crippen molar-refractivity contribution < 1.29 is 14.3 Å². The van der Waals surface area contributed by atoms with Gasteiger partial charge in [-0.1, -0.05) is 0 Å². The number of esters is 1. The maximum absolute atomic E-state index is 11.9. The Morgan fingerprint density at radius 2 is 2.42 bits per heavy atom. The zero-order valence-corrected chi connectivity index (χ0v) is 11.5. The molecule has 8 heteroatoms. The number of ether oxygens (including phenoxy) is 1. The highest BCUT2D eigenvalue weighted by atomic mass is 32.1. The lowest BCUT2D eigenvalue weighted by atomic mass is 10.3. The highest BCUT2D eigenvalue weighted by molar-refractivity contribution is 7.11. The molecule has 7 nitrogen and oxygen atoms in total. The van der Waals surface area contributed by atoms with Gasteiger partial charge in [-0.3, -0.25) is 4.79 Å². The number of amides is 1. The van der Waals surface area contributed by atoms with Crippen LogP contribution in [0.4, 0.5) is 10.8 Å². The highest BCUT2D eigenvalue weighted by Crippen LogP contribution is 2.31. The number of rotatable bonds is 3. The van der Waals surface area contributed by atoms with Gasteiger partial charge >= 0.3 is 5.97 Å². The molecule has 3 N–H and O–H groups in total. The average molecular weight is 284 g/mol. The first-order chi connectivity index (χ1) is 9.13. The van der Waals surface area contributed by atoms with Crippen LogP contribution in [-0.2, 0) is 9.53 Å². The molecule has 2 rings (SSSR count). The number of hydrogen-bond acceptors (Lipinski definition) is 7. The Balaban J connectivity index is 2.28. The van der Waals surface area contributed by atoms with E-state index in [1.54, 1.807) is 6.92 Å². The van der Waals surface area contributed by atoms with E-state index in [0.717, 1.165) is 18.0 Å². The maximum Gasteiger partial charge on any atom is 0.345 e. The van der Waals surface area contributed by atoms with Gasteiger partial charge in [0, 0.05) is 13.1 Å². The van der Waals surface area contributed by atoms with Gasteiger partial charge in [0.1, 0.15) is 10.6 Å². The third-order valence-electron chi connectivity index (χ3n) is 2.73. The lowest BCUT2D eigenvalue weighted by Crippen LogP contribution is -2.33. The Morgan fingerprint density at radius 3 is 3.16 bits per heavy atom. The fraction of sp³-hybridized carbons (Fsp3) is 0.545. The minimum atomic E-state index is -0.492. The third kappa shape index (κ3) is 2.95. The van der Waals surface area contributed by atoms with E-state index in [2.05, 4.69) is 9.69 Å². The lowest BCUT2D eigenvalue weighted by molar-refractivity contribution is -0.119. The van der Waals surface area contributed by atoms with Gasteiger partial charge in [0.2, 0.25) is 5.91 Å². The van der Waals surface area contributed by atoms with Gasteiger partial charge in [-0.25, -0.2) is 4.79 Å². The first kappa shape index (κ1) is 13.6. The summed E-state index contributed by atoms with van der Waals surface area (Å²) in [6.45, 7) is 3.51. The van der Waals surface area contributed by atoms with Crippen LogP contribution in [0.1, 0.15) is 23.7 Å². The summed E-state index contributed by atoms with van der Waals surface area (Å²) in [6, 6.07) is 0. The lowest BCUT2D eigenvalue weighted by Gasteiger charge is -2.19. The van der Waals surface area contributed by atoms with E-state index in [9.17, 15) is 9.59 Å². The van der Waals surface area contributed by atoms with Crippen molar-refractivity contribution in [2.45, 2.75) is 13.3 Å². The maximum atomic E-state index is 11.9. The van der Waals surface area contributed by atoms with Gasteiger partial charge in [0.05, 0.1) is 13.2 Å². The third-order valence-corrected chi connectivity index (χ3v) is 3.65. The van der Waals surface area contributed by atoms with Crippen LogP contribution in [-0.4, -0.2) is 42.5 Å². The van der Waals surface area contributed by atoms with Crippen molar-refractivity contribution >= 4 is 34.2 Å². The van der Waals surface area contributed by atoms with E-state index >= 15 is 0 Å². The van der Waals surface area contributed by atoms with Crippen LogP contribution in [0.2, 0.25) is 0 Å². The molecular formula is C11H16N4O3S. The van der Waals surface area contributed by atoms with Crippen LogP contribution < -0.4 is 16.0 Å². The van der Waals surface area contributed by atoms with Gasteiger partial charge in [-0.05, 0) is 24.9 Å². The molecule has 1 amide bonds. The number of carbonyl (C=O) groups excluding carboxylic acids is 2. The fourth-order valence-electron chi connectivity index (χ4n) is 1.88. The molecule has 1 aromatic heterocycles. The molecule has 1 saturated heterocycles. The molecule has 0 atom stereocenters. The van der Waals surface area contributed by atoms with Crippen molar-refractivity contribution in [1.29, 1.82) is 0 Å². The minimum absolute atomic E-state index is 0.0701. The van der Waals surface area contributed by atoms with Crippen LogP contribution >= 0.6 is 11.5 Å². The van der Waals surface area contributed by atoms with Crippen molar-refractivity contribution in [3.63, 3.8) is 0 Å². The summed E-state index contributed by atoms with van der Waals surface area (Å²) in [4.78, 5) is 25.3. The van der Waals surface area contributed by atoms with Gasteiger partial charge < -0.3 is 20.7 Å². The molecule has 1 aliphatic heterocycles. The molecule has 0 saturated carbocycles. The number of nitrogens with one attached hydrogen (secondary N) is 1. The summed E-state index contributed by atoms with van der Waals surface area (Å²) in [7, 11) is 0. The normalized spacial score (nSPS) is 15.8. The van der Waals surface area contributed by atoms with E-state index < -0.39 is 5.97 Å². The Kier molecular flexibility index (Phi) is 4.20. The van der Waals surface area contributed by atoms with Gasteiger partial charge in [-0.2, -0.15) is 4.37 Å². The van der Waals surface area contributed by atoms with Crippen molar-refractivity contribution in [2.75, 3.05) is 36.9 Å². The van der Waals surface area contributed by atoms with Crippen molar-refractivity contribution in [3.8, 4) is 0 Å². The summed E-state index contributed by atoms with van der Waals surface area (Å²) in [5, 5.41) is 3.39. The molecule has 2 heterocycles. The molecule has 0 spiro atoms. The number of nitrogens with two attached hydrogens (primary N) is 1. The number of nitrogen functional groups attached to an aromatic ring is 1. The van der Waals surface area contributed by atoms with Crippen LogP contribution in [0.25, 0.3) is 0 Å². The van der Waals surface area contributed by atoms with E-state index in [-0.39, 0.29) is 30.4 Å². The second-order valence-electron chi connectivity index (χ2n) is 4.09. The number of anilines is 2.